The van der Waals surface area contributed by atoms with Gasteiger partial charge in [0.15, 0.2) is 0 Å². The molecule has 3 aromatic carbocycles. The molecule has 0 radical (unpaired) electrons. The summed E-state index contributed by atoms with van der Waals surface area (Å²) in [5.41, 5.74) is 3.54. The monoisotopic (exact) mass is 556 g/mol. The lowest BCUT2D eigenvalue weighted by Gasteiger charge is -2.08. The molecule has 0 aromatic heterocycles. The van der Waals surface area contributed by atoms with Gasteiger partial charge in [-0.2, -0.15) is 0 Å². The topological polar surface area (TPSA) is 71.1 Å². The lowest BCUT2D eigenvalue weighted by molar-refractivity contribution is -0.140. The van der Waals surface area contributed by atoms with Crippen LogP contribution in [0.2, 0.25) is 0 Å². The Hall–Kier alpha value is -4.91. The predicted molar refractivity (Wildman–Crippen MR) is 160 cm³/mol. The Morgan fingerprint density at radius 3 is 1.59 bits per heavy atom. The van der Waals surface area contributed by atoms with E-state index in [2.05, 4.69) is 13.2 Å². The first-order valence-corrected chi connectivity index (χ1v) is 13.0. The molecule has 0 aliphatic carbocycles. The van der Waals surface area contributed by atoms with E-state index in [9.17, 15) is 14.0 Å². The summed E-state index contributed by atoms with van der Waals surface area (Å²) in [6.07, 6.45) is 7.18. The van der Waals surface area contributed by atoms with Crippen molar-refractivity contribution in [2.24, 2.45) is 0 Å². The molecule has 0 N–H and O–H groups in total. The number of hydrogen-bond acceptors (Lipinski definition) is 6. The van der Waals surface area contributed by atoms with Crippen LogP contribution in [0.3, 0.4) is 0 Å². The average Bonchev–Trinajstić information content (AvgIpc) is 2.96. The van der Waals surface area contributed by atoms with E-state index in [-0.39, 0.29) is 32.2 Å². The third-order valence-electron chi connectivity index (χ3n) is 5.53. The van der Waals surface area contributed by atoms with E-state index < -0.39 is 11.9 Å². The number of hydrogen-bond donors (Lipinski definition) is 0. The summed E-state index contributed by atoms with van der Waals surface area (Å²) in [5, 5.41) is 0. The fourth-order valence-corrected chi connectivity index (χ4v) is 3.41. The van der Waals surface area contributed by atoms with Gasteiger partial charge in [-0.25, -0.2) is 14.0 Å². The van der Waals surface area contributed by atoms with Crippen LogP contribution in [0.5, 0.6) is 11.5 Å². The van der Waals surface area contributed by atoms with Gasteiger partial charge in [0.1, 0.15) is 43.7 Å². The van der Waals surface area contributed by atoms with Crippen molar-refractivity contribution in [3.05, 3.63) is 119 Å². The zero-order chi connectivity index (χ0) is 29.6. The molecule has 0 amide bonds. The van der Waals surface area contributed by atoms with Crippen LogP contribution >= 0.6 is 0 Å². The summed E-state index contributed by atoms with van der Waals surface area (Å²) in [7, 11) is 0. The molecule has 212 valence electrons. The summed E-state index contributed by atoms with van der Waals surface area (Å²) in [5.74, 6) is -0.0112. The van der Waals surface area contributed by atoms with Gasteiger partial charge >= 0.3 is 11.9 Å². The highest BCUT2D eigenvalue weighted by atomic mass is 19.1. The van der Waals surface area contributed by atoms with Gasteiger partial charge in [0.05, 0.1) is 0 Å². The molecular weight excluding hydrogens is 523 g/mol. The summed E-state index contributed by atoms with van der Waals surface area (Å²) in [4.78, 5) is 22.8. The number of benzene rings is 3. The number of halogens is 1. The zero-order valence-electron chi connectivity index (χ0n) is 23.2. The molecular formula is C34H33FO6. The normalized spacial score (nSPS) is 10.9. The van der Waals surface area contributed by atoms with Crippen molar-refractivity contribution in [3.8, 4) is 11.5 Å². The second-order valence-corrected chi connectivity index (χ2v) is 9.12. The molecule has 0 saturated heterocycles. The SMILES string of the molecule is C=C(C)C(=O)OCCOc1cccc(C=Cc2ccc(C=Cc3cccc(OCCOC(=O)C(=C)C)c3)c(F)c2)c1. The number of ether oxygens (including phenoxy) is 4. The summed E-state index contributed by atoms with van der Waals surface area (Å²) in [6.45, 7) is 10.9. The van der Waals surface area contributed by atoms with Crippen molar-refractivity contribution in [1.29, 1.82) is 0 Å². The Morgan fingerprint density at radius 1 is 0.659 bits per heavy atom. The maximum atomic E-state index is 14.8. The van der Waals surface area contributed by atoms with Crippen molar-refractivity contribution >= 4 is 36.2 Å². The smallest absolute Gasteiger partial charge is 0.333 e. The minimum Gasteiger partial charge on any atom is -0.490 e. The van der Waals surface area contributed by atoms with Crippen LogP contribution in [0.4, 0.5) is 4.39 Å². The minimum atomic E-state index is -0.454. The quantitative estimate of drug-likeness (QED) is 0.0908. The molecule has 0 saturated carbocycles. The van der Waals surface area contributed by atoms with E-state index in [4.69, 9.17) is 18.9 Å². The maximum Gasteiger partial charge on any atom is 0.333 e. The van der Waals surface area contributed by atoms with Crippen LogP contribution < -0.4 is 9.47 Å². The Morgan fingerprint density at radius 2 is 1.12 bits per heavy atom. The Labute approximate surface area is 240 Å². The lowest BCUT2D eigenvalue weighted by Crippen LogP contribution is -2.12. The van der Waals surface area contributed by atoms with Crippen molar-refractivity contribution in [2.45, 2.75) is 13.8 Å². The highest BCUT2D eigenvalue weighted by Gasteiger charge is 2.05. The summed E-state index contributed by atoms with van der Waals surface area (Å²) >= 11 is 0. The van der Waals surface area contributed by atoms with Gasteiger partial charge < -0.3 is 18.9 Å². The molecule has 0 unspecified atom stereocenters. The molecule has 41 heavy (non-hydrogen) atoms. The second-order valence-electron chi connectivity index (χ2n) is 9.12. The summed E-state index contributed by atoms with van der Waals surface area (Å²) < 4.78 is 36.1. The summed E-state index contributed by atoms with van der Waals surface area (Å²) in [6, 6.07) is 19.8. The van der Waals surface area contributed by atoms with E-state index >= 15 is 0 Å². The van der Waals surface area contributed by atoms with E-state index in [1.807, 2.05) is 60.7 Å². The van der Waals surface area contributed by atoms with Crippen molar-refractivity contribution in [2.75, 3.05) is 26.4 Å². The van der Waals surface area contributed by atoms with Crippen molar-refractivity contribution in [3.63, 3.8) is 0 Å². The molecule has 0 atom stereocenters. The zero-order valence-corrected chi connectivity index (χ0v) is 23.2. The van der Waals surface area contributed by atoms with E-state index in [1.165, 1.54) is 6.07 Å². The fraction of sp³-hybridized carbons (Fsp3) is 0.176. The van der Waals surface area contributed by atoms with Gasteiger partial charge in [-0.15, -0.1) is 0 Å². The Balaban J connectivity index is 1.54. The first-order valence-electron chi connectivity index (χ1n) is 13.0. The van der Waals surface area contributed by atoms with E-state index in [0.29, 0.717) is 33.8 Å². The third kappa shape index (κ3) is 10.6. The van der Waals surface area contributed by atoms with Gasteiger partial charge in [-0.05, 0) is 60.9 Å². The van der Waals surface area contributed by atoms with Gasteiger partial charge in [-0.3, -0.25) is 0 Å². The largest absolute Gasteiger partial charge is 0.490 e. The van der Waals surface area contributed by atoms with Gasteiger partial charge in [0.25, 0.3) is 0 Å². The third-order valence-corrected chi connectivity index (χ3v) is 5.53. The van der Waals surface area contributed by atoms with Crippen LogP contribution in [-0.2, 0) is 19.1 Å². The average molecular weight is 557 g/mol. The molecule has 0 aliphatic rings. The molecule has 0 bridgehead atoms. The molecule has 6 nitrogen and oxygen atoms in total. The Bertz CT molecular complexity index is 1450. The first kappa shape index (κ1) is 30.6. The van der Waals surface area contributed by atoms with Crippen LogP contribution in [0.1, 0.15) is 36.1 Å². The highest BCUT2D eigenvalue weighted by molar-refractivity contribution is 5.87. The molecule has 7 heteroatoms. The lowest BCUT2D eigenvalue weighted by atomic mass is 10.1. The highest BCUT2D eigenvalue weighted by Crippen LogP contribution is 2.20. The number of esters is 2. The molecule has 0 spiro atoms. The molecule has 0 fully saturated rings. The maximum absolute atomic E-state index is 14.8. The van der Waals surface area contributed by atoms with Crippen molar-refractivity contribution < 1.29 is 32.9 Å². The molecule has 3 aromatic rings. The fourth-order valence-electron chi connectivity index (χ4n) is 3.41. The Kier molecular flexibility index (Phi) is 11.7. The van der Waals surface area contributed by atoms with Crippen LogP contribution in [0.25, 0.3) is 24.3 Å². The van der Waals surface area contributed by atoms with Gasteiger partial charge in [-0.1, -0.05) is 73.9 Å². The number of carbonyl (C=O) groups is 2. The number of rotatable bonds is 14. The van der Waals surface area contributed by atoms with Crippen LogP contribution in [0, 0.1) is 5.82 Å². The van der Waals surface area contributed by atoms with Crippen LogP contribution in [-0.4, -0.2) is 38.4 Å². The second kappa shape index (κ2) is 15.6. The van der Waals surface area contributed by atoms with Gasteiger partial charge in [0, 0.05) is 16.7 Å². The number of carbonyl (C=O) groups excluding carboxylic acids is 2. The van der Waals surface area contributed by atoms with Gasteiger partial charge in [0.2, 0.25) is 0 Å². The van der Waals surface area contributed by atoms with E-state index in [0.717, 1.165) is 11.1 Å². The molecule has 0 heterocycles. The van der Waals surface area contributed by atoms with Crippen molar-refractivity contribution in [1.82, 2.24) is 0 Å². The van der Waals surface area contributed by atoms with E-state index in [1.54, 1.807) is 38.1 Å². The molecule has 0 aliphatic heterocycles. The standard InChI is InChI=1S/C34H33FO6/c1-24(2)33(36)40-19-17-38-30-9-5-7-26(21-30)11-12-28-14-16-29(32(35)23-28)15-13-27-8-6-10-31(22-27)39-18-20-41-34(37)25(3)4/h5-16,21-23H,1,3,17-20H2,2,4H3. The molecule has 3 rings (SSSR count). The predicted octanol–water partition coefficient (Wildman–Crippen LogP) is 7.16. The minimum absolute atomic E-state index is 0.117. The first-order chi connectivity index (χ1) is 19.7. The van der Waals surface area contributed by atoms with Crippen LogP contribution in [0.15, 0.2) is 91.0 Å².